The number of hydrogen-bond acceptors (Lipinski definition) is 19. The van der Waals surface area contributed by atoms with Gasteiger partial charge in [0, 0.05) is 106 Å². The second-order valence-corrected chi connectivity index (χ2v) is 18.6. The maximum absolute atomic E-state index is 14.2. The number of rotatable bonds is 20. The number of carbonyl (C=O) groups is 3. The van der Waals surface area contributed by atoms with Crippen LogP contribution in [0.15, 0.2) is 76.2 Å². The normalized spacial score (nSPS) is 15.0. The molecule has 2 saturated heterocycles. The molecule has 3 aromatic heterocycles. The van der Waals surface area contributed by atoms with Gasteiger partial charge in [0.15, 0.2) is 5.43 Å². The number of phenols is 1. The summed E-state index contributed by atoms with van der Waals surface area (Å²) in [5, 5.41) is 51.6. The molecule has 24 nitrogen and oxygen atoms in total. The molecule has 6 heterocycles. The van der Waals surface area contributed by atoms with Gasteiger partial charge < -0.3 is 56.1 Å². The summed E-state index contributed by atoms with van der Waals surface area (Å²) in [4.78, 5) is 75.4. The highest BCUT2D eigenvalue weighted by Crippen LogP contribution is 2.42. The van der Waals surface area contributed by atoms with Crippen LogP contribution < -0.4 is 32.0 Å². The number of fused-ring (bicyclic) bond motifs is 2. The number of nitrogens with zero attached hydrogens (tertiary/aromatic N) is 13. The quantitative estimate of drug-likeness (QED) is 0.0472. The van der Waals surface area contributed by atoms with Gasteiger partial charge in [-0.05, 0) is 100 Å². The molecule has 2 amide bonds. The molecule has 8 N–H and O–H groups in total. The van der Waals surface area contributed by atoms with Gasteiger partial charge in [0.05, 0.1) is 23.1 Å². The van der Waals surface area contributed by atoms with Gasteiger partial charge in [0.25, 0.3) is 0 Å². The standard InChI is InChI=1S/C50H60N16O8/c1-31(67)24-34-29-66(60-58-34)41(7-3-5-15-52)46(71)62-18-22-64(23-19-62)50-55-48(54-49(56-50)63-20-16-61(17-21-63)44(70)30-65-28-33(57-59-65)6-2-4-14-51)53-32-8-11-37(40(25-32)47(72)73)45-38-12-9-35(68)26-42(38)74-43-27-36(69)10-13-39(43)45/h8-13,25-29,31,41,67-68H,2-7,14-24,30,51-52H2,1H3,(H,72,73)(H,53,54,55,56)/t31?,41-/m0/s1. The number of benzene rings is 3. The average molecular weight is 1010 g/mol. The van der Waals surface area contributed by atoms with Crippen molar-refractivity contribution in [3.63, 3.8) is 0 Å². The smallest absolute Gasteiger partial charge is 0.336 e. The number of nitrogens with one attached hydrogen (secondary N) is 1. The summed E-state index contributed by atoms with van der Waals surface area (Å²) in [6.07, 6.45) is 7.68. The van der Waals surface area contributed by atoms with Crippen LogP contribution in [0, 0.1) is 0 Å². The number of phenolic OH excluding ortho intramolecular Hbond substituents is 1. The lowest BCUT2D eigenvalue weighted by Gasteiger charge is -2.37. The first-order chi connectivity index (χ1) is 35.8. The molecule has 0 saturated carbocycles. The van der Waals surface area contributed by atoms with Crippen LogP contribution in [0.5, 0.6) is 5.75 Å². The summed E-state index contributed by atoms with van der Waals surface area (Å²) in [5.41, 5.74) is 14.4. The fourth-order valence-electron chi connectivity index (χ4n) is 9.41. The van der Waals surface area contributed by atoms with E-state index >= 15 is 0 Å². The van der Waals surface area contributed by atoms with E-state index in [1.54, 1.807) is 62.7 Å². The fraction of sp³-hybridized carbons (Fsp3) is 0.420. The van der Waals surface area contributed by atoms with Gasteiger partial charge >= 0.3 is 5.97 Å². The van der Waals surface area contributed by atoms with Gasteiger partial charge in [-0.3, -0.25) is 14.4 Å². The number of aromatic hydroxyl groups is 1. The van der Waals surface area contributed by atoms with E-state index in [2.05, 4.69) is 25.9 Å². The second-order valence-electron chi connectivity index (χ2n) is 18.6. The molecule has 3 aliphatic heterocycles. The van der Waals surface area contributed by atoms with Crippen molar-refractivity contribution in [1.29, 1.82) is 0 Å². The number of aromatic carboxylic acids is 1. The minimum atomic E-state index is -1.22. The summed E-state index contributed by atoms with van der Waals surface area (Å²) in [6, 6.07) is 13.1. The average Bonchev–Trinajstić information content (AvgIpc) is 4.05. The topological polar surface area (TPSA) is 319 Å². The number of nitrogens with two attached hydrogens (primary N) is 2. The van der Waals surface area contributed by atoms with Gasteiger partial charge in [0.2, 0.25) is 29.7 Å². The van der Waals surface area contributed by atoms with Crippen molar-refractivity contribution in [2.24, 2.45) is 11.5 Å². The van der Waals surface area contributed by atoms with E-state index in [-0.39, 0.29) is 52.4 Å². The van der Waals surface area contributed by atoms with Crippen molar-refractivity contribution < 1.29 is 34.1 Å². The largest absolute Gasteiger partial charge is 0.508 e. The molecule has 0 spiro atoms. The maximum Gasteiger partial charge on any atom is 0.336 e. The van der Waals surface area contributed by atoms with Crippen LogP contribution >= 0.6 is 0 Å². The van der Waals surface area contributed by atoms with Gasteiger partial charge in [-0.1, -0.05) is 16.5 Å². The summed E-state index contributed by atoms with van der Waals surface area (Å²) < 4.78 is 9.15. The zero-order valence-corrected chi connectivity index (χ0v) is 41.1. The number of piperazine rings is 2. The van der Waals surface area contributed by atoms with Crippen molar-refractivity contribution in [3.8, 4) is 28.2 Å². The molecule has 9 rings (SSSR count). The molecular weight excluding hydrogens is 953 g/mol. The highest BCUT2D eigenvalue weighted by atomic mass is 16.4. The Balaban J connectivity index is 0.979. The van der Waals surface area contributed by atoms with E-state index in [0.717, 1.165) is 31.4 Å². The lowest BCUT2D eigenvalue weighted by molar-refractivity contribution is -0.135. The number of hydrogen-bond donors (Lipinski definition) is 6. The molecule has 5 aromatic rings. The van der Waals surface area contributed by atoms with Crippen LogP contribution in [0.2, 0.25) is 0 Å². The minimum absolute atomic E-state index is 0.0491. The maximum atomic E-state index is 14.2. The first kappa shape index (κ1) is 50.8. The molecule has 2 fully saturated rings. The van der Waals surface area contributed by atoms with Crippen molar-refractivity contribution in [2.75, 3.05) is 80.6 Å². The number of aryl methyl sites for hydroxylation is 1. The van der Waals surface area contributed by atoms with Crippen molar-refractivity contribution in [3.05, 3.63) is 94.2 Å². The van der Waals surface area contributed by atoms with E-state index in [4.69, 9.17) is 30.8 Å². The first-order valence-corrected chi connectivity index (χ1v) is 24.9. The molecular formula is C50H60N16O8. The predicted molar refractivity (Wildman–Crippen MR) is 273 cm³/mol. The molecule has 1 aliphatic carbocycles. The van der Waals surface area contributed by atoms with Crippen LogP contribution in [-0.2, 0) is 29.0 Å². The van der Waals surface area contributed by atoms with Gasteiger partial charge in [0.1, 0.15) is 29.7 Å². The summed E-state index contributed by atoms with van der Waals surface area (Å²) in [6.45, 7) is 5.84. The Morgan fingerprint density at radius 3 is 2.16 bits per heavy atom. The van der Waals surface area contributed by atoms with Crippen LogP contribution in [-0.4, -0.2) is 159 Å². The Kier molecular flexibility index (Phi) is 15.6. The Labute approximate surface area is 424 Å². The fourth-order valence-corrected chi connectivity index (χ4v) is 9.41. The van der Waals surface area contributed by atoms with Crippen LogP contribution in [0.25, 0.3) is 33.4 Å². The van der Waals surface area contributed by atoms with E-state index in [0.29, 0.717) is 130 Å². The Morgan fingerprint density at radius 1 is 0.770 bits per heavy atom. The lowest BCUT2D eigenvalue weighted by atomic mass is 9.90. The molecule has 24 heteroatoms. The van der Waals surface area contributed by atoms with E-state index in [1.165, 1.54) is 30.3 Å². The summed E-state index contributed by atoms with van der Waals surface area (Å²) in [7, 11) is 0. The minimum Gasteiger partial charge on any atom is -0.508 e. The zero-order valence-electron chi connectivity index (χ0n) is 41.1. The summed E-state index contributed by atoms with van der Waals surface area (Å²) in [5.74, 6) is -0.471. The van der Waals surface area contributed by atoms with E-state index < -0.39 is 18.1 Å². The van der Waals surface area contributed by atoms with Crippen LogP contribution in [0.3, 0.4) is 0 Å². The molecule has 2 atom stereocenters. The number of aromatic nitrogens is 9. The molecule has 388 valence electrons. The number of aliphatic hydroxyl groups is 1. The van der Waals surface area contributed by atoms with Gasteiger partial charge in [-0.15, -0.1) is 10.2 Å². The molecule has 4 aliphatic rings. The molecule has 0 bridgehead atoms. The van der Waals surface area contributed by atoms with E-state index in [1.807, 2.05) is 9.80 Å². The monoisotopic (exact) mass is 1010 g/mol. The number of carbonyl (C=O) groups excluding carboxylic acids is 2. The third kappa shape index (κ3) is 11.7. The van der Waals surface area contributed by atoms with Crippen LogP contribution in [0.1, 0.15) is 66.8 Å². The second kappa shape index (κ2) is 22.8. The van der Waals surface area contributed by atoms with Crippen molar-refractivity contribution in [1.82, 2.24) is 54.7 Å². The highest BCUT2D eigenvalue weighted by molar-refractivity contribution is 6.08. The van der Waals surface area contributed by atoms with Gasteiger partial charge in [-0.25, -0.2) is 14.2 Å². The number of unbranched alkanes of at least 4 members (excludes halogenated alkanes) is 2. The molecule has 2 aromatic carbocycles. The highest BCUT2D eigenvalue weighted by Gasteiger charge is 2.32. The molecule has 1 unspecified atom stereocenters. The SMILES string of the molecule is CC(O)Cc1cn([C@@H](CCCCN)C(=O)N2CCN(c3nc(Nc4ccc(-c5c6ccc(=O)cc-6oc6cc(O)ccc56)c(C(=O)O)c4)nc(N4CCN(C(=O)Cn5cc(CCCCN)nn5)CC4)n3)CC2)nn1. The van der Waals surface area contributed by atoms with E-state index in [9.17, 15) is 34.5 Å². The third-order valence-corrected chi connectivity index (χ3v) is 13.2. The lowest BCUT2D eigenvalue weighted by Crippen LogP contribution is -2.51. The first-order valence-electron chi connectivity index (χ1n) is 24.9. The Hall–Kier alpha value is -8.09. The Morgan fingerprint density at radius 2 is 1.46 bits per heavy atom. The summed E-state index contributed by atoms with van der Waals surface area (Å²) >= 11 is 0. The van der Waals surface area contributed by atoms with Crippen LogP contribution in [0.4, 0.5) is 23.5 Å². The van der Waals surface area contributed by atoms with Crippen molar-refractivity contribution >= 4 is 52.3 Å². The number of carboxylic acids is 1. The number of anilines is 4. The van der Waals surface area contributed by atoms with Gasteiger partial charge in [-0.2, -0.15) is 15.0 Å². The third-order valence-electron chi connectivity index (χ3n) is 13.2. The van der Waals surface area contributed by atoms with Crippen molar-refractivity contribution in [2.45, 2.75) is 70.6 Å². The zero-order chi connectivity index (χ0) is 51.9. The number of carboxylic acid groups (broad SMARTS) is 1. The molecule has 74 heavy (non-hydrogen) atoms. The molecule has 0 radical (unpaired) electrons. The number of amides is 2. The Bertz CT molecular complexity index is 3140. The number of aliphatic hydroxyl groups excluding tert-OH is 1. The predicted octanol–water partition coefficient (Wildman–Crippen LogP) is 2.65.